The van der Waals surface area contributed by atoms with E-state index in [4.69, 9.17) is 17.3 Å². The van der Waals surface area contributed by atoms with E-state index in [-0.39, 0.29) is 10.7 Å². The molecular weight excluding hydrogens is 278 g/mol. The summed E-state index contributed by atoms with van der Waals surface area (Å²) in [7, 11) is -3.78. The van der Waals surface area contributed by atoms with Crippen molar-refractivity contribution in [2.24, 2.45) is 0 Å². The van der Waals surface area contributed by atoms with Crippen molar-refractivity contribution in [1.29, 1.82) is 0 Å². The van der Waals surface area contributed by atoms with Crippen molar-refractivity contribution in [3.8, 4) is 0 Å². The fourth-order valence-corrected chi connectivity index (χ4v) is 2.49. The molecule has 4 N–H and O–H groups in total. The number of H-pyrrole nitrogens is 1. The Morgan fingerprint density at radius 1 is 1.44 bits per heavy atom. The monoisotopic (exact) mass is 287 g/mol. The standard InChI is InChI=1S/C9H10ClN5O2S/c1-5-2-6(3-12-8(5)10)15-18(16,17)7-4-13-14-9(7)11/h2-4,15H,1H3,(H3,11,13,14). The zero-order valence-electron chi connectivity index (χ0n) is 9.31. The summed E-state index contributed by atoms with van der Waals surface area (Å²) in [5, 5.41) is 6.23. The third-order valence-electron chi connectivity index (χ3n) is 2.19. The third kappa shape index (κ3) is 2.39. The molecule has 2 aromatic rings. The first-order valence-electron chi connectivity index (χ1n) is 4.84. The van der Waals surface area contributed by atoms with Gasteiger partial charge in [0.15, 0.2) is 0 Å². The second-order valence-electron chi connectivity index (χ2n) is 3.59. The number of nitrogens with zero attached hydrogens (tertiary/aromatic N) is 2. The van der Waals surface area contributed by atoms with Crippen molar-refractivity contribution < 1.29 is 8.42 Å². The number of nitrogen functional groups attached to an aromatic ring is 1. The molecule has 0 unspecified atom stereocenters. The van der Waals surface area contributed by atoms with E-state index >= 15 is 0 Å². The maximum Gasteiger partial charge on any atom is 0.267 e. The fraction of sp³-hybridized carbons (Fsp3) is 0.111. The molecule has 0 saturated heterocycles. The SMILES string of the molecule is Cc1cc(NS(=O)(=O)c2cn[nH]c2N)cnc1Cl. The van der Waals surface area contributed by atoms with Gasteiger partial charge in [0.05, 0.1) is 18.1 Å². The first-order valence-corrected chi connectivity index (χ1v) is 6.70. The summed E-state index contributed by atoms with van der Waals surface area (Å²) < 4.78 is 26.3. The Morgan fingerprint density at radius 3 is 2.72 bits per heavy atom. The second kappa shape index (κ2) is 4.46. The molecule has 7 nitrogen and oxygen atoms in total. The predicted molar refractivity (Wildman–Crippen MR) is 67.8 cm³/mol. The molecule has 0 fully saturated rings. The van der Waals surface area contributed by atoms with Crippen molar-refractivity contribution in [3.05, 3.63) is 29.2 Å². The molecule has 0 radical (unpaired) electrons. The molecular formula is C9H10ClN5O2S. The average molecular weight is 288 g/mol. The lowest BCUT2D eigenvalue weighted by Crippen LogP contribution is -2.14. The van der Waals surface area contributed by atoms with Gasteiger partial charge in [-0.25, -0.2) is 13.4 Å². The van der Waals surface area contributed by atoms with Crippen LogP contribution in [0.4, 0.5) is 11.5 Å². The van der Waals surface area contributed by atoms with Gasteiger partial charge < -0.3 is 5.73 Å². The molecule has 0 spiro atoms. The van der Waals surface area contributed by atoms with Gasteiger partial charge >= 0.3 is 0 Å². The van der Waals surface area contributed by atoms with Crippen LogP contribution in [0.1, 0.15) is 5.56 Å². The fourth-order valence-electron chi connectivity index (χ4n) is 1.32. The van der Waals surface area contributed by atoms with E-state index < -0.39 is 10.0 Å². The van der Waals surface area contributed by atoms with Gasteiger partial charge in [-0.05, 0) is 18.6 Å². The highest BCUT2D eigenvalue weighted by molar-refractivity contribution is 7.92. The number of nitrogens with one attached hydrogen (secondary N) is 2. The van der Waals surface area contributed by atoms with Crippen LogP contribution in [0.3, 0.4) is 0 Å². The van der Waals surface area contributed by atoms with Crippen LogP contribution in [0.15, 0.2) is 23.4 Å². The van der Waals surface area contributed by atoms with Crippen LogP contribution in [-0.4, -0.2) is 23.6 Å². The molecule has 0 aliphatic rings. The molecule has 0 aromatic carbocycles. The number of nitrogens with two attached hydrogens (primary N) is 1. The number of hydrogen-bond donors (Lipinski definition) is 3. The van der Waals surface area contributed by atoms with E-state index in [1.54, 1.807) is 13.0 Å². The van der Waals surface area contributed by atoms with Crippen LogP contribution in [0.5, 0.6) is 0 Å². The highest BCUT2D eigenvalue weighted by atomic mass is 35.5. The van der Waals surface area contributed by atoms with Crippen LogP contribution in [0.25, 0.3) is 0 Å². The topological polar surface area (TPSA) is 114 Å². The van der Waals surface area contributed by atoms with Gasteiger partial charge in [0, 0.05) is 0 Å². The Morgan fingerprint density at radius 2 is 2.17 bits per heavy atom. The number of aromatic amines is 1. The number of anilines is 2. The van der Waals surface area contributed by atoms with E-state index in [1.165, 1.54) is 6.20 Å². The molecule has 9 heteroatoms. The van der Waals surface area contributed by atoms with Gasteiger partial charge in [-0.15, -0.1) is 0 Å². The molecule has 2 rings (SSSR count). The van der Waals surface area contributed by atoms with E-state index in [0.717, 1.165) is 6.20 Å². The number of hydrogen-bond acceptors (Lipinski definition) is 5. The zero-order chi connectivity index (χ0) is 13.3. The molecule has 0 saturated carbocycles. The zero-order valence-corrected chi connectivity index (χ0v) is 10.9. The normalized spacial score (nSPS) is 11.4. The van der Waals surface area contributed by atoms with Gasteiger partial charge in [-0.3, -0.25) is 9.82 Å². The van der Waals surface area contributed by atoms with Crippen LogP contribution in [0.2, 0.25) is 5.15 Å². The third-order valence-corrected chi connectivity index (χ3v) is 3.99. The van der Waals surface area contributed by atoms with Crippen molar-refractivity contribution >= 4 is 33.1 Å². The maximum absolute atomic E-state index is 12.0. The summed E-state index contributed by atoms with van der Waals surface area (Å²) in [4.78, 5) is 3.73. The number of rotatable bonds is 3. The first kappa shape index (κ1) is 12.7. The lowest BCUT2D eigenvalue weighted by Gasteiger charge is -2.07. The van der Waals surface area contributed by atoms with E-state index in [9.17, 15) is 8.42 Å². The lowest BCUT2D eigenvalue weighted by atomic mass is 10.3. The summed E-state index contributed by atoms with van der Waals surface area (Å²) in [5.41, 5.74) is 6.43. The Labute approximate surface area is 108 Å². The molecule has 0 bridgehead atoms. The summed E-state index contributed by atoms with van der Waals surface area (Å²) in [6.07, 6.45) is 2.46. The highest BCUT2D eigenvalue weighted by Gasteiger charge is 2.19. The van der Waals surface area contributed by atoms with Crippen molar-refractivity contribution in [1.82, 2.24) is 15.2 Å². The van der Waals surface area contributed by atoms with Gasteiger partial charge in [-0.2, -0.15) is 5.10 Å². The van der Waals surface area contributed by atoms with Gasteiger partial charge in [0.1, 0.15) is 15.9 Å². The van der Waals surface area contributed by atoms with Crippen LogP contribution < -0.4 is 10.5 Å². The minimum absolute atomic E-state index is 0.0267. The average Bonchev–Trinajstić information content (AvgIpc) is 2.70. The number of aryl methyl sites for hydroxylation is 1. The number of sulfonamides is 1. The minimum Gasteiger partial charge on any atom is -0.383 e. The van der Waals surface area contributed by atoms with Crippen molar-refractivity contribution in [2.45, 2.75) is 11.8 Å². The van der Waals surface area contributed by atoms with E-state index in [1.807, 2.05) is 0 Å². The molecule has 0 aliphatic heterocycles. The van der Waals surface area contributed by atoms with Gasteiger partial charge in [-0.1, -0.05) is 11.6 Å². The van der Waals surface area contributed by atoms with Crippen molar-refractivity contribution in [2.75, 3.05) is 10.5 Å². The van der Waals surface area contributed by atoms with Crippen LogP contribution in [-0.2, 0) is 10.0 Å². The Hall–Kier alpha value is -1.80. The van der Waals surface area contributed by atoms with Crippen LogP contribution in [0, 0.1) is 6.92 Å². The first-order chi connectivity index (χ1) is 8.40. The number of pyridine rings is 1. The Balaban J connectivity index is 2.34. The van der Waals surface area contributed by atoms with Gasteiger partial charge in [0.25, 0.3) is 10.0 Å². The second-order valence-corrected chi connectivity index (χ2v) is 5.59. The summed E-state index contributed by atoms with van der Waals surface area (Å²) in [6, 6.07) is 1.57. The molecule has 0 amide bonds. The van der Waals surface area contributed by atoms with Gasteiger partial charge in [0.2, 0.25) is 0 Å². The van der Waals surface area contributed by atoms with E-state index in [0.29, 0.717) is 16.4 Å². The molecule has 2 heterocycles. The lowest BCUT2D eigenvalue weighted by molar-refractivity contribution is 0.601. The summed E-state index contributed by atoms with van der Waals surface area (Å²) in [5.74, 6) is -0.0267. The largest absolute Gasteiger partial charge is 0.383 e. The van der Waals surface area contributed by atoms with Crippen LogP contribution >= 0.6 is 11.6 Å². The summed E-state index contributed by atoms with van der Waals surface area (Å²) in [6.45, 7) is 1.72. The summed E-state index contributed by atoms with van der Waals surface area (Å²) >= 11 is 5.75. The predicted octanol–water partition coefficient (Wildman–Crippen LogP) is 1.15. The van der Waals surface area contributed by atoms with E-state index in [2.05, 4.69) is 19.9 Å². The number of halogens is 1. The molecule has 0 atom stereocenters. The van der Waals surface area contributed by atoms with Crippen molar-refractivity contribution in [3.63, 3.8) is 0 Å². The minimum atomic E-state index is -3.78. The quantitative estimate of drug-likeness (QED) is 0.733. The Bertz CT molecular complexity index is 682. The maximum atomic E-state index is 12.0. The molecule has 2 aromatic heterocycles. The highest BCUT2D eigenvalue weighted by Crippen LogP contribution is 2.21. The number of aromatic nitrogens is 3. The molecule has 0 aliphatic carbocycles. The smallest absolute Gasteiger partial charge is 0.267 e. The molecule has 18 heavy (non-hydrogen) atoms. The Kier molecular flexibility index (Phi) is 3.14. The molecule has 96 valence electrons.